The van der Waals surface area contributed by atoms with Gasteiger partial charge in [-0.25, -0.2) is 0 Å². The molecule has 2 N–H and O–H groups in total. The molecule has 0 aliphatic rings. The number of ether oxygens (including phenoxy) is 1. The van der Waals surface area contributed by atoms with Crippen LogP contribution in [-0.4, -0.2) is 39.1 Å². The fraction of sp³-hybridized carbons (Fsp3) is 0.263. The number of carbonyl (C=O) groups is 2. The van der Waals surface area contributed by atoms with Crippen molar-refractivity contribution in [3.8, 4) is 11.1 Å². The maximum absolute atomic E-state index is 12.1. The molecule has 2 aromatic rings. The van der Waals surface area contributed by atoms with Crippen molar-refractivity contribution in [2.45, 2.75) is 6.42 Å². The van der Waals surface area contributed by atoms with E-state index in [1.807, 2.05) is 18.2 Å². The van der Waals surface area contributed by atoms with Gasteiger partial charge in [0.15, 0.2) is 0 Å². The molecule has 0 heterocycles. The minimum Gasteiger partial charge on any atom is -0.385 e. The number of hydrogen-bond donors (Lipinski definition) is 2. The van der Waals surface area contributed by atoms with Crippen LogP contribution < -0.4 is 10.6 Å². The molecule has 0 fully saturated rings. The van der Waals surface area contributed by atoms with E-state index in [1.54, 1.807) is 38.4 Å². The van der Waals surface area contributed by atoms with Crippen molar-refractivity contribution in [2.75, 3.05) is 27.3 Å². The third-order valence-corrected chi connectivity index (χ3v) is 4.06. The van der Waals surface area contributed by atoms with Gasteiger partial charge in [-0.2, -0.15) is 0 Å². The van der Waals surface area contributed by atoms with Crippen LogP contribution in [0.1, 0.15) is 27.1 Å². The molecule has 0 aromatic heterocycles. The normalized spacial score (nSPS) is 10.4. The third-order valence-electron chi connectivity index (χ3n) is 3.73. The van der Waals surface area contributed by atoms with E-state index in [2.05, 4.69) is 10.6 Å². The molecule has 132 valence electrons. The number of nitrogens with one attached hydrogen (secondary N) is 2. The van der Waals surface area contributed by atoms with Gasteiger partial charge in [0.2, 0.25) is 0 Å². The van der Waals surface area contributed by atoms with Gasteiger partial charge in [-0.15, -0.1) is 0 Å². The zero-order valence-electron chi connectivity index (χ0n) is 14.3. The van der Waals surface area contributed by atoms with Gasteiger partial charge in [0, 0.05) is 32.9 Å². The third kappa shape index (κ3) is 5.05. The van der Waals surface area contributed by atoms with Gasteiger partial charge in [-0.05, 0) is 41.8 Å². The van der Waals surface area contributed by atoms with Crippen molar-refractivity contribution < 1.29 is 14.3 Å². The lowest BCUT2D eigenvalue weighted by Crippen LogP contribution is -2.25. The molecule has 0 bridgehead atoms. The van der Waals surface area contributed by atoms with Crippen LogP contribution in [0.3, 0.4) is 0 Å². The van der Waals surface area contributed by atoms with Crippen molar-refractivity contribution in [3.05, 3.63) is 58.6 Å². The SMILES string of the molecule is CNC(=O)c1cc(-c2ccc(C(=O)NCCCOC)cc2)ccc1Cl. The van der Waals surface area contributed by atoms with E-state index in [1.165, 1.54) is 0 Å². The van der Waals surface area contributed by atoms with E-state index in [-0.39, 0.29) is 11.8 Å². The highest BCUT2D eigenvalue weighted by atomic mass is 35.5. The van der Waals surface area contributed by atoms with E-state index < -0.39 is 0 Å². The van der Waals surface area contributed by atoms with Crippen molar-refractivity contribution in [3.63, 3.8) is 0 Å². The van der Waals surface area contributed by atoms with Gasteiger partial charge in [-0.1, -0.05) is 29.8 Å². The zero-order chi connectivity index (χ0) is 18.2. The van der Waals surface area contributed by atoms with Gasteiger partial charge < -0.3 is 15.4 Å². The topological polar surface area (TPSA) is 67.4 Å². The lowest BCUT2D eigenvalue weighted by atomic mass is 10.0. The van der Waals surface area contributed by atoms with Crippen molar-refractivity contribution in [2.24, 2.45) is 0 Å². The van der Waals surface area contributed by atoms with E-state index in [0.717, 1.165) is 17.5 Å². The largest absolute Gasteiger partial charge is 0.385 e. The molecule has 25 heavy (non-hydrogen) atoms. The van der Waals surface area contributed by atoms with E-state index in [4.69, 9.17) is 16.3 Å². The van der Waals surface area contributed by atoms with E-state index >= 15 is 0 Å². The molecule has 0 unspecified atom stereocenters. The number of methoxy groups -OCH3 is 1. The first-order valence-corrected chi connectivity index (χ1v) is 8.34. The summed E-state index contributed by atoms with van der Waals surface area (Å²) in [6.45, 7) is 1.19. The lowest BCUT2D eigenvalue weighted by molar-refractivity contribution is 0.0945. The molecule has 0 atom stereocenters. The standard InChI is InChI=1S/C19H21ClN2O3/c1-21-19(24)16-12-15(8-9-17(16)20)13-4-6-14(7-5-13)18(23)22-10-3-11-25-2/h4-9,12H,3,10-11H2,1-2H3,(H,21,24)(H,22,23). The summed E-state index contributed by atoms with van der Waals surface area (Å²) in [6, 6.07) is 12.5. The first-order chi connectivity index (χ1) is 12.1. The van der Waals surface area contributed by atoms with Crippen molar-refractivity contribution in [1.29, 1.82) is 0 Å². The van der Waals surface area contributed by atoms with Crippen LogP contribution in [0.4, 0.5) is 0 Å². The Morgan fingerprint density at radius 2 is 1.72 bits per heavy atom. The first kappa shape index (κ1) is 19.0. The molecule has 6 heteroatoms. The summed E-state index contributed by atoms with van der Waals surface area (Å²) in [5, 5.41) is 5.81. The molecule has 0 aliphatic heterocycles. The Kier molecular flexibility index (Phi) is 6.98. The zero-order valence-corrected chi connectivity index (χ0v) is 15.0. The molecular formula is C19H21ClN2O3. The Hall–Kier alpha value is -2.37. The number of rotatable bonds is 7. The number of halogens is 1. The second-order valence-corrected chi connectivity index (χ2v) is 5.86. The molecule has 0 aliphatic carbocycles. The average molecular weight is 361 g/mol. The number of amides is 2. The Labute approximate surface area is 152 Å². The Balaban J connectivity index is 2.12. The molecule has 0 spiro atoms. The fourth-order valence-electron chi connectivity index (χ4n) is 2.35. The summed E-state index contributed by atoms with van der Waals surface area (Å²) in [6.07, 6.45) is 0.771. The number of carbonyl (C=O) groups excluding carboxylic acids is 2. The minimum atomic E-state index is -0.237. The molecule has 2 amide bonds. The summed E-state index contributed by atoms with van der Waals surface area (Å²) in [7, 11) is 3.19. The molecule has 0 radical (unpaired) electrons. The van der Waals surface area contributed by atoms with Crippen LogP contribution in [0.25, 0.3) is 11.1 Å². The maximum atomic E-state index is 12.1. The van der Waals surface area contributed by atoms with Crippen molar-refractivity contribution in [1.82, 2.24) is 10.6 Å². The number of benzene rings is 2. The van der Waals surface area contributed by atoms with Crippen LogP contribution in [0.15, 0.2) is 42.5 Å². The molecule has 5 nitrogen and oxygen atoms in total. The molecule has 0 saturated carbocycles. The van der Waals surface area contributed by atoms with Crippen LogP contribution in [0, 0.1) is 0 Å². The van der Waals surface area contributed by atoms with Gasteiger partial charge in [0.1, 0.15) is 0 Å². The molecule has 0 saturated heterocycles. The highest BCUT2D eigenvalue weighted by Gasteiger charge is 2.11. The Morgan fingerprint density at radius 3 is 2.36 bits per heavy atom. The predicted octanol–water partition coefficient (Wildman–Crippen LogP) is 3.13. The van der Waals surface area contributed by atoms with Gasteiger partial charge in [0.25, 0.3) is 11.8 Å². The smallest absolute Gasteiger partial charge is 0.252 e. The fourth-order valence-corrected chi connectivity index (χ4v) is 2.55. The van der Waals surface area contributed by atoms with Gasteiger partial charge in [-0.3, -0.25) is 9.59 Å². The highest BCUT2D eigenvalue weighted by Crippen LogP contribution is 2.25. The van der Waals surface area contributed by atoms with Crippen LogP contribution in [0.5, 0.6) is 0 Å². The average Bonchev–Trinajstić information content (AvgIpc) is 2.65. The summed E-state index contributed by atoms with van der Waals surface area (Å²) in [4.78, 5) is 23.9. The predicted molar refractivity (Wildman–Crippen MR) is 99.1 cm³/mol. The summed E-state index contributed by atoms with van der Waals surface area (Å²) < 4.78 is 4.95. The molecule has 2 rings (SSSR count). The second kappa shape index (κ2) is 9.20. The van der Waals surface area contributed by atoms with Gasteiger partial charge >= 0.3 is 0 Å². The van der Waals surface area contributed by atoms with Crippen LogP contribution in [0.2, 0.25) is 5.02 Å². The van der Waals surface area contributed by atoms with E-state index in [9.17, 15) is 9.59 Å². The van der Waals surface area contributed by atoms with E-state index in [0.29, 0.717) is 29.3 Å². The van der Waals surface area contributed by atoms with Crippen molar-refractivity contribution >= 4 is 23.4 Å². The molecular weight excluding hydrogens is 340 g/mol. The Morgan fingerprint density at radius 1 is 1.04 bits per heavy atom. The minimum absolute atomic E-state index is 0.121. The summed E-state index contributed by atoms with van der Waals surface area (Å²) in [5.41, 5.74) is 2.76. The molecule has 2 aromatic carbocycles. The monoisotopic (exact) mass is 360 g/mol. The lowest BCUT2D eigenvalue weighted by Gasteiger charge is -2.08. The summed E-state index contributed by atoms with van der Waals surface area (Å²) in [5.74, 6) is -0.358. The quantitative estimate of drug-likeness (QED) is 0.745. The summed E-state index contributed by atoms with van der Waals surface area (Å²) >= 11 is 6.07. The first-order valence-electron chi connectivity index (χ1n) is 7.96. The maximum Gasteiger partial charge on any atom is 0.252 e. The highest BCUT2D eigenvalue weighted by molar-refractivity contribution is 6.34. The van der Waals surface area contributed by atoms with Crippen LogP contribution >= 0.6 is 11.6 Å². The number of hydrogen-bond acceptors (Lipinski definition) is 3. The Bertz CT molecular complexity index is 745. The second-order valence-electron chi connectivity index (χ2n) is 5.45. The van der Waals surface area contributed by atoms with Crippen LogP contribution in [-0.2, 0) is 4.74 Å². The van der Waals surface area contributed by atoms with Gasteiger partial charge in [0.05, 0.1) is 10.6 Å².